The standard InChI is InChI=1S/C22H22N6O2S/c29-21(24-13-20-27-26-19-8-3-9-28(19)20)17(25-22(30)18-7-4-10-31-18)11-14-12-23-16-6-2-1-5-15(14)16/h1-2,4-7,10,12,17,23H,3,8-9,11,13H2,(H,24,29)(H,25,30)/t17-/m1/s1. The molecule has 1 aromatic carbocycles. The number of carbonyl (C=O) groups is 2. The number of rotatable bonds is 7. The average Bonchev–Trinajstić information content (AvgIpc) is 3.57. The molecule has 1 aliphatic heterocycles. The van der Waals surface area contributed by atoms with Crippen LogP contribution in [0.3, 0.4) is 0 Å². The van der Waals surface area contributed by atoms with Crippen LogP contribution in [0.25, 0.3) is 10.9 Å². The molecule has 0 radical (unpaired) electrons. The summed E-state index contributed by atoms with van der Waals surface area (Å²) in [5, 5.41) is 17.1. The van der Waals surface area contributed by atoms with Crippen molar-refractivity contribution in [2.45, 2.75) is 38.4 Å². The van der Waals surface area contributed by atoms with Crippen molar-refractivity contribution in [3.63, 3.8) is 0 Å². The van der Waals surface area contributed by atoms with Gasteiger partial charge >= 0.3 is 0 Å². The highest BCUT2D eigenvalue weighted by Crippen LogP contribution is 2.20. The van der Waals surface area contributed by atoms with E-state index in [1.165, 1.54) is 11.3 Å². The molecule has 8 nitrogen and oxygen atoms in total. The molecule has 3 N–H and O–H groups in total. The van der Waals surface area contributed by atoms with Gasteiger partial charge in [0.25, 0.3) is 5.91 Å². The quantitative estimate of drug-likeness (QED) is 0.415. The van der Waals surface area contributed by atoms with E-state index in [0.29, 0.717) is 11.3 Å². The number of hydrogen-bond acceptors (Lipinski definition) is 5. The van der Waals surface area contributed by atoms with Crippen molar-refractivity contribution in [3.05, 3.63) is 70.1 Å². The van der Waals surface area contributed by atoms with Crippen molar-refractivity contribution in [2.24, 2.45) is 0 Å². The molecule has 1 atom stereocenters. The first-order chi connectivity index (χ1) is 15.2. The van der Waals surface area contributed by atoms with Gasteiger partial charge in [-0.25, -0.2) is 0 Å². The van der Waals surface area contributed by atoms with E-state index in [9.17, 15) is 9.59 Å². The molecular weight excluding hydrogens is 412 g/mol. The summed E-state index contributed by atoms with van der Waals surface area (Å²) in [5.41, 5.74) is 1.98. The van der Waals surface area contributed by atoms with Gasteiger partial charge in [-0.2, -0.15) is 0 Å². The van der Waals surface area contributed by atoms with Crippen molar-refractivity contribution in [1.82, 2.24) is 30.4 Å². The van der Waals surface area contributed by atoms with E-state index in [2.05, 4.69) is 30.4 Å². The van der Waals surface area contributed by atoms with Gasteiger partial charge < -0.3 is 20.2 Å². The molecule has 0 spiro atoms. The van der Waals surface area contributed by atoms with Crippen molar-refractivity contribution in [2.75, 3.05) is 0 Å². The number of hydrogen-bond donors (Lipinski definition) is 3. The number of aryl methyl sites for hydroxylation is 1. The molecule has 4 heterocycles. The zero-order chi connectivity index (χ0) is 21.2. The third-order valence-corrected chi connectivity index (χ3v) is 6.44. The summed E-state index contributed by atoms with van der Waals surface area (Å²) in [7, 11) is 0. The van der Waals surface area contributed by atoms with Crippen LogP contribution in [-0.2, 0) is 30.7 Å². The molecule has 31 heavy (non-hydrogen) atoms. The van der Waals surface area contributed by atoms with Gasteiger partial charge in [0.15, 0.2) is 5.82 Å². The van der Waals surface area contributed by atoms with Crippen molar-refractivity contribution >= 4 is 34.1 Å². The molecule has 5 rings (SSSR count). The van der Waals surface area contributed by atoms with Crippen LogP contribution >= 0.6 is 11.3 Å². The van der Waals surface area contributed by atoms with Gasteiger partial charge in [-0.05, 0) is 29.5 Å². The van der Waals surface area contributed by atoms with Crippen LogP contribution in [0, 0.1) is 0 Å². The number of carbonyl (C=O) groups excluding carboxylic acids is 2. The molecular formula is C22H22N6O2S. The maximum atomic E-state index is 13.1. The minimum atomic E-state index is -0.713. The zero-order valence-electron chi connectivity index (χ0n) is 16.8. The molecule has 3 aromatic heterocycles. The molecule has 0 saturated heterocycles. The molecule has 9 heteroatoms. The summed E-state index contributed by atoms with van der Waals surface area (Å²) in [5.74, 6) is 1.21. The first-order valence-electron chi connectivity index (χ1n) is 10.3. The Balaban J connectivity index is 1.34. The first-order valence-corrected chi connectivity index (χ1v) is 11.1. The Hall–Kier alpha value is -3.46. The number of para-hydroxylation sites is 1. The normalized spacial score (nSPS) is 13.8. The Bertz CT molecular complexity index is 1230. The minimum absolute atomic E-state index is 0.245. The maximum Gasteiger partial charge on any atom is 0.262 e. The Kier molecular flexibility index (Phi) is 5.25. The van der Waals surface area contributed by atoms with Crippen LogP contribution in [-0.4, -0.2) is 37.6 Å². The predicted octanol–water partition coefficient (Wildman–Crippen LogP) is 2.42. The summed E-state index contributed by atoms with van der Waals surface area (Å²) >= 11 is 1.35. The number of H-pyrrole nitrogens is 1. The van der Waals surface area contributed by atoms with E-state index in [1.54, 1.807) is 6.07 Å². The van der Waals surface area contributed by atoms with Gasteiger partial charge in [0.05, 0.1) is 11.4 Å². The van der Waals surface area contributed by atoms with Crippen LogP contribution in [0.1, 0.15) is 33.3 Å². The van der Waals surface area contributed by atoms with Crippen molar-refractivity contribution in [3.8, 4) is 0 Å². The highest BCUT2D eigenvalue weighted by atomic mass is 32.1. The number of fused-ring (bicyclic) bond motifs is 2. The van der Waals surface area contributed by atoms with Crippen LogP contribution < -0.4 is 10.6 Å². The molecule has 0 unspecified atom stereocenters. The number of thiophene rings is 1. The SMILES string of the molecule is O=C(N[C@H](Cc1c[nH]c2ccccc12)C(=O)NCc1nnc2n1CCC2)c1cccs1. The molecule has 0 bridgehead atoms. The first kappa shape index (κ1) is 19.5. The van der Waals surface area contributed by atoms with E-state index in [1.807, 2.05) is 41.9 Å². The van der Waals surface area contributed by atoms with E-state index in [-0.39, 0.29) is 18.4 Å². The lowest BCUT2D eigenvalue weighted by Gasteiger charge is -2.18. The predicted molar refractivity (Wildman–Crippen MR) is 118 cm³/mol. The third-order valence-electron chi connectivity index (χ3n) is 5.57. The van der Waals surface area contributed by atoms with Crippen LogP contribution in [0.4, 0.5) is 0 Å². The second-order valence-electron chi connectivity index (χ2n) is 7.57. The number of aromatic nitrogens is 4. The van der Waals surface area contributed by atoms with E-state index in [4.69, 9.17) is 0 Å². The highest BCUT2D eigenvalue weighted by molar-refractivity contribution is 7.12. The number of benzene rings is 1. The summed E-state index contributed by atoms with van der Waals surface area (Å²) in [4.78, 5) is 29.6. The Morgan fingerprint density at radius 3 is 2.97 bits per heavy atom. The van der Waals surface area contributed by atoms with Gasteiger partial charge in [-0.3, -0.25) is 9.59 Å². The summed E-state index contributed by atoms with van der Waals surface area (Å²) in [6.45, 7) is 1.16. The third kappa shape index (κ3) is 3.96. The lowest BCUT2D eigenvalue weighted by atomic mass is 10.0. The van der Waals surface area contributed by atoms with Crippen LogP contribution in [0.2, 0.25) is 0 Å². The fourth-order valence-electron chi connectivity index (χ4n) is 4.00. The fraction of sp³-hybridized carbons (Fsp3) is 0.273. The van der Waals surface area contributed by atoms with Crippen molar-refractivity contribution in [1.29, 1.82) is 0 Å². The molecule has 2 amide bonds. The number of nitrogens with zero attached hydrogens (tertiary/aromatic N) is 3. The largest absolute Gasteiger partial charge is 0.361 e. The molecule has 0 aliphatic carbocycles. The van der Waals surface area contributed by atoms with Crippen LogP contribution in [0.15, 0.2) is 48.0 Å². The highest BCUT2D eigenvalue weighted by Gasteiger charge is 2.25. The minimum Gasteiger partial charge on any atom is -0.361 e. The topological polar surface area (TPSA) is 105 Å². The molecule has 1 aliphatic rings. The van der Waals surface area contributed by atoms with Gasteiger partial charge in [-0.1, -0.05) is 24.3 Å². The summed E-state index contributed by atoms with van der Waals surface area (Å²) < 4.78 is 2.05. The number of aromatic amines is 1. The molecule has 4 aromatic rings. The smallest absolute Gasteiger partial charge is 0.262 e. The van der Waals surface area contributed by atoms with Crippen LogP contribution in [0.5, 0.6) is 0 Å². The molecule has 158 valence electrons. The van der Waals surface area contributed by atoms with Gasteiger partial charge in [0.2, 0.25) is 5.91 Å². The number of nitrogens with one attached hydrogen (secondary N) is 3. The van der Waals surface area contributed by atoms with Gasteiger partial charge in [0, 0.05) is 36.5 Å². The monoisotopic (exact) mass is 434 g/mol. The second kappa shape index (κ2) is 8.35. The summed E-state index contributed by atoms with van der Waals surface area (Å²) in [6.07, 6.45) is 4.24. The Morgan fingerprint density at radius 2 is 2.10 bits per heavy atom. The van der Waals surface area contributed by atoms with Crippen molar-refractivity contribution < 1.29 is 9.59 Å². The maximum absolute atomic E-state index is 13.1. The zero-order valence-corrected chi connectivity index (χ0v) is 17.6. The molecule has 0 fully saturated rings. The second-order valence-corrected chi connectivity index (χ2v) is 8.52. The Labute approximate surface area is 182 Å². The number of amides is 2. The Morgan fingerprint density at radius 1 is 1.19 bits per heavy atom. The van der Waals surface area contributed by atoms with Gasteiger partial charge in [0.1, 0.15) is 11.9 Å². The van der Waals surface area contributed by atoms with E-state index >= 15 is 0 Å². The van der Waals surface area contributed by atoms with E-state index < -0.39 is 6.04 Å². The lowest BCUT2D eigenvalue weighted by molar-refractivity contribution is -0.123. The lowest BCUT2D eigenvalue weighted by Crippen LogP contribution is -2.47. The van der Waals surface area contributed by atoms with E-state index in [0.717, 1.165) is 47.5 Å². The fourth-order valence-corrected chi connectivity index (χ4v) is 4.62. The average molecular weight is 435 g/mol. The molecule has 0 saturated carbocycles. The summed E-state index contributed by atoms with van der Waals surface area (Å²) in [6, 6.07) is 10.8. The van der Waals surface area contributed by atoms with Gasteiger partial charge in [-0.15, -0.1) is 21.5 Å².